The summed E-state index contributed by atoms with van der Waals surface area (Å²) in [6.45, 7) is 2.01. The molecule has 0 aliphatic carbocycles. The molecule has 1 atom stereocenters. The summed E-state index contributed by atoms with van der Waals surface area (Å²) < 4.78 is 11.5. The minimum Gasteiger partial charge on any atom is -0.493 e. The van der Waals surface area contributed by atoms with Gasteiger partial charge < -0.3 is 14.8 Å². The van der Waals surface area contributed by atoms with Crippen LogP contribution in [0.2, 0.25) is 0 Å². The number of fused-ring (bicyclic) bond motifs is 1. The van der Waals surface area contributed by atoms with E-state index in [1.165, 1.54) is 0 Å². The van der Waals surface area contributed by atoms with Gasteiger partial charge in [-0.05, 0) is 58.1 Å². The van der Waals surface area contributed by atoms with Crippen LogP contribution in [0.4, 0.5) is 5.69 Å². The molecule has 0 spiro atoms. The minimum absolute atomic E-state index is 0.0419. The van der Waals surface area contributed by atoms with Gasteiger partial charge in [-0.15, -0.1) is 0 Å². The number of hydrogen-bond acceptors (Lipinski definition) is 3. The van der Waals surface area contributed by atoms with Crippen LogP contribution in [0.25, 0.3) is 0 Å². The van der Waals surface area contributed by atoms with Gasteiger partial charge >= 0.3 is 0 Å². The number of methoxy groups -OCH3 is 2. The van der Waals surface area contributed by atoms with Crippen molar-refractivity contribution in [2.45, 2.75) is 19.3 Å². The van der Waals surface area contributed by atoms with Crippen LogP contribution in [-0.2, 0) is 11.2 Å². The lowest BCUT2D eigenvalue weighted by Gasteiger charge is -2.14. The Bertz CT molecular complexity index is 773. The monoisotopic (exact) mass is 375 g/mol. The van der Waals surface area contributed by atoms with Gasteiger partial charge in [0.25, 0.3) is 0 Å². The Morgan fingerprint density at radius 2 is 2.00 bits per heavy atom. The van der Waals surface area contributed by atoms with Crippen molar-refractivity contribution in [2.24, 2.45) is 0 Å². The highest BCUT2D eigenvalue weighted by atomic mass is 79.9. The third kappa shape index (κ3) is 2.81. The molecule has 1 unspecified atom stereocenters. The maximum Gasteiger partial charge on any atom is 0.232 e. The summed E-state index contributed by atoms with van der Waals surface area (Å²) in [5.41, 5.74) is 4.11. The van der Waals surface area contributed by atoms with Gasteiger partial charge in [0.15, 0.2) is 11.5 Å². The number of amides is 1. The Kier molecular flexibility index (Phi) is 4.31. The molecule has 3 rings (SSSR count). The zero-order valence-electron chi connectivity index (χ0n) is 13.3. The molecule has 120 valence electrons. The largest absolute Gasteiger partial charge is 0.493 e. The van der Waals surface area contributed by atoms with Crippen molar-refractivity contribution in [1.29, 1.82) is 0 Å². The first-order valence-electron chi connectivity index (χ1n) is 7.36. The number of carbonyl (C=O) groups is 1. The van der Waals surface area contributed by atoms with Gasteiger partial charge in [0.1, 0.15) is 0 Å². The summed E-state index contributed by atoms with van der Waals surface area (Å²) in [7, 11) is 3.21. The van der Waals surface area contributed by atoms with Crippen molar-refractivity contribution in [2.75, 3.05) is 19.5 Å². The molecule has 2 aromatic carbocycles. The fraction of sp³-hybridized carbons (Fsp3) is 0.278. The van der Waals surface area contributed by atoms with E-state index in [0.717, 1.165) is 26.9 Å². The van der Waals surface area contributed by atoms with Gasteiger partial charge in [-0.2, -0.15) is 0 Å². The number of ether oxygens (including phenoxy) is 2. The highest BCUT2D eigenvalue weighted by Gasteiger charge is 2.31. The number of halogens is 1. The number of para-hydroxylation sites is 1. The molecule has 0 radical (unpaired) electrons. The van der Waals surface area contributed by atoms with Crippen molar-refractivity contribution < 1.29 is 14.3 Å². The van der Waals surface area contributed by atoms with E-state index in [1.54, 1.807) is 14.2 Å². The third-order valence-electron chi connectivity index (χ3n) is 4.18. The molecule has 23 heavy (non-hydrogen) atoms. The van der Waals surface area contributed by atoms with Crippen molar-refractivity contribution >= 4 is 27.5 Å². The SMILES string of the molecule is COc1cc(CC2C(=O)Nc3c(C)cccc32)cc(Br)c1OC. The molecule has 4 nitrogen and oxygen atoms in total. The van der Waals surface area contributed by atoms with Crippen molar-refractivity contribution in [1.82, 2.24) is 0 Å². The molecule has 1 amide bonds. The number of benzene rings is 2. The molecule has 0 fully saturated rings. The predicted molar refractivity (Wildman–Crippen MR) is 93.5 cm³/mol. The maximum atomic E-state index is 12.4. The molecule has 0 bridgehead atoms. The second-order valence-electron chi connectivity index (χ2n) is 5.60. The van der Waals surface area contributed by atoms with E-state index in [4.69, 9.17) is 9.47 Å². The molecule has 5 heteroatoms. The Morgan fingerprint density at radius 1 is 1.22 bits per heavy atom. The summed E-state index contributed by atoms with van der Waals surface area (Å²) in [6.07, 6.45) is 0.612. The number of rotatable bonds is 4. The second-order valence-corrected chi connectivity index (χ2v) is 6.45. The van der Waals surface area contributed by atoms with Crippen molar-refractivity contribution in [3.63, 3.8) is 0 Å². The van der Waals surface area contributed by atoms with E-state index in [-0.39, 0.29) is 11.8 Å². The summed E-state index contributed by atoms with van der Waals surface area (Å²) in [6, 6.07) is 9.91. The maximum absolute atomic E-state index is 12.4. The van der Waals surface area contributed by atoms with Crippen LogP contribution < -0.4 is 14.8 Å². The molecule has 1 aliphatic rings. The molecule has 1 aliphatic heterocycles. The van der Waals surface area contributed by atoms with Gasteiger partial charge in [0, 0.05) is 5.69 Å². The molecule has 2 aromatic rings. The lowest BCUT2D eigenvalue weighted by Crippen LogP contribution is -2.14. The molecule has 0 saturated carbocycles. The summed E-state index contributed by atoms with van der Waals surface area (Å²) in [4.78, 5) is 12.4. The average molecular weight is 376 g/mol. The topological polar surface area (TPSA) is 47.6 Å². The molecular formula is C18H18BrNO3. The molecule has 1 heterocycles. The first kappa shape index (κ1) is 15.9. The van der Waals surface area contributed by atoms with Crippen molar-refractivity contribution in [3.8, 4) is 11.5 Å². The van der Waals surface area contributed by atoms with E-state index in [0.29, 0.717) is 17.9 Å². The number of aryl methyl sites for hydroxylation is 1. The quantitative estimate of drug-likeness (QED) is 0.876. The third-order valence-corrected chi connectivity index (χ3v) is 4.77. The lowest BCUT2D eigenvalue weighted by molar-refractivity contribution is -0.117. The summed E-state index contributed by atoms with van der Waals surface area (Å²) in [5.74, 6) is 1.17. The van der Waals surface area contributed by atoms with Crippen LogP contribution >= 0.6 is 15.9 Å². The Morgan fingerprint density at radius 3 is 2.70 bits per heavy atom. The van der Waals surface area contributed by atoms with Gasteiger partial charge in [0.2, 0.25) is 5.91 Å². The fourth-order valence-electron chi connectivity index (χ4n) is 3.03. The standard InChI is InChI=1S/C18H18BrNO3/c1-10-5-4-6-12-13(18(21)20-16(10)12)7-11-8-14(19)17(23-3)15(9-11)22-2/h4-6,8-9,13H,7H2,1-3H3,(H,20,21). The first-order chi connectivity index (χ1) is 11.0. The first-order valence-corrected chi connectivity index (χ1v) is 8.15. The smallest absolute Gasteiger partial charge is 0.232 e. The van der Waals surface area contributed by atoms with Crippen LogP contribution in [0.3, 0.4) is 0 Å². The van der Waals surface area contributed by atoms with Gasteiger partial charge in [-0.3, -0.25) is 4.79 Å². The second kappa shape index (κ2) is 6.24. The molecular weight excluding hydrogens is 358 g/mol. The van der Waals surface area contributed by atoms with E-state index < -0.39 is 0 Å². The lowest BCUT2D eigenvalue weighted by atomic mass is 9.92. The minimum atomic E-state index is -0.185. The normalized spacial score (nSPS) is 16.0. The molecule has 0 saturated heterocycles. The van der Waals surface area contributed by atoms with E-state index >= 15 is 0 Å². The van der Waals surface area contributed by atoms with E-state index in [1.807, 2.05) is 37.3 Å². The van der Waals surface area contributed by atoms with Crippen LogP contribution in [0.15, 0.2) is 34.8 Å². The Balaban J connectivity index is 1.96. The zero-order chi connectivity index (χ0) is 16.6. The van der Waals surface area contributed by atoms with Crippen LogP contribution in [0.5, 0.6) is 11.5 Å². The number of carbonyl (C=O) groups excluding carboxylic acids is 1. The van der Waals surface area contributed by atoms with Gasteiger partial charge in [-0.1, -0.05) is 18.2 Å². The Labute approximate surface area is 143 Å². The van der Waals surface area contributed by atoms with E-state index in [2.05, 4.69) is 21.2 Å². The van der Waals surface area contributed by atoms with Crippen molar-refractivity contribution in [3.05, 3.63) is 51.5 Å². The predicted octanol–water partition coefficient (Wildman–Crippen LogP) is 4.05. The van der Waals surface area contributed by atoms with Gasteiger partial charge in [0.05, 0.1) is 24.6 Å². The highest BCUT2D eigenvalue weighted by Crippen LogP contribution is 2.40. The fourth-order valence-corrected chi connectivity index (χ4v) is 3.68. The zero-order valence-corrected chi connectivity index (χ0v) is 14.9. The highest BCUT2D eigenvalue weighted by molar-refractivity contribution is 9.10. The molecule has 0 aromatic heterocycles. The number of anilines is 1. The number of hydrogen-bond donors (Lipinski definition) is 1. The number of nitrogens with one attached hydrogen (secondary N) is 1. The van der Waals surface area contributed by atoms with Gasteiger partial charge in [-0.25, -0.2) is 0 Å². The Hall–Kier alpha value is -2.01. The van der Waals surface area contributed by atoms with Crippen LogP contribution in [0, 0.1) is 6.92 Å². The van der Waals surface area contributed by atoms with Crippen LogP contribution in [-0.4, -0.2) is 20.1 Å². The summed E-state index contributed by atoms with van der Waals surface area (Å²) >= 11 is 3.50. The van der Waals surface area contributed by atoms with E-state index in [9.17, 15) is 4.79 Å². The average Bonchev–Trinajstić information content (AvgIpc) is 2.84. The van der Waals surface area contributed by atoms with Crippen LogP contribution in [0.1, 0.15) is 22.6 Å². The molecule has 1 N–H and O–H groups in total. The summed E-state index contributed by atoms with van der Waals surface area (Å²) in [5, 5.41) is 3.00.